The summed E-state index contributed by atoms with van der Waals surface area (Å²) in [6, 6.07) is 2.85. The average molecular weight is 336 g/mol. The zero-order valence-electron chi connectivity index (χ0n) is 10.4. The molecule has 2 aromatic rings. The molecule has 0 aliphatic carbocycles. The SMILES string of the molecule is Nc1nc(CC(=O)Nc2cc(Cl)cc(C(F)(F)F)c2)cs1. The molecule has 0 radical (unpaired) electrons. The fourth-order valence-corrected chi connectivity index (χ4v) is 2.40. The van der Waals surface area contributed by atoms with Crippen molar-refractivity contribution < 1.29 is 18.0 Å². The molecule has 21 heavy (non-hydrogen) atoms. The van der Waals surface area contributed by atoms with E-state index in [9.17, 15) is 18.0 Å². The predicted octanol–water partition coefficient (Wildman–Crippen LogP) is 3.58. The molecule has 3 N–H and O–H groups in total. The molecule has 2 rings (SSSR count). The zero-order valence-corrected chi connectivity index (χ0v) is 11.9. The van der Waals surface area contributed by atoms with Gasteiger partial charge < -0.3 is 11.1 Å². The van der Waals surface area contributed by atoms with Crippen LogP contribution >= 0.6 is 22.9 Å². The standard InChI is InChI=1S/C12H9ClF3N3OS/c13-7-1-6(12(14,15)16)2-8(3-7)18-10(20)4-9-5-21-11(17)19-9/h1-3,5H,4H2,(H2,17,19)(H,18,20). The Labute approximate surface area is 126 Å². The van der Waals surface area contributed by atoms with Crippen LogP contribution in [-0.4, -0.2) is 10.9 Å². The number of nitrogens with zero attached hydrogens (tertiary/aromatic N) is 1. The van der Waals surface area contributed by atoms with Crippen LogP contribution < -0.4 is 11.1 Å². The van der Waals surface area contributed by atoms with E-state index in [1.54, 1.807) is 5.38 Å². The van der Waals surface area contributed by atoms with Gasteiger partial charge in [-0.3, -0.25) is 4.79 Å². The van der Waals surface area contributed by atoms with Gasteiger partial charge in [-0.25, -0.2) is 4.98 Å². The van der Waals surface area contributed by atoms with Crippen LogP contribution in [0.4, 0.5) is 24.0 Å². The van der Waals surface area contributed by atoms with Crippen LogP contribution in [0.3, 0.4) is 0 Å². The molecule has 9 heteroatoms. The van der Waals surface area contributed by atoms with Gasteiger partial charge in [0.2, 0.25) is 5.91 Å². The molecule has 112 valence electrons. The average Bonchev–Trinajstić information content (AvgIpc) is 2.72. The predicted molar refractivity (Wildman–Crippen MR) is 75.3 cm³/mol. The summed E-state index contributed by atoms with van der Waals surface area (Å²) in [5.74, 6) is -0.504. The molecule has 1 aromatic carbocycles. The number of nitrogens with two attached hydrogens (primary N) is 1. The van der Waals surface area contributed by atoms with Crippen LogP contribution in [0.25, 0.3) is 0 Å². The first-order valence-electron chi connectivity index (χ1n) is 5.61. The van der Waals surface area contributed by atoms with Crippen LogP contribution in [0.2, 0.25) is 5.02 Å². The summed E-state index contributed by atoms with van der Waals surface area (Å²) >= 11 is 6.80. The number of alkyl halides is 3. The van der Waals surface area contributed by atoms with Crippen molar-refractivity contribution in [2.24, 2.45) is 0 Å². The third kappa shape index (κ3) is 4.33. The first kappa shape index (κ1) is 15.6. The van der Waals surface area contributed by atoms with Gasteiger partial charge in [0.1, 0.15) is 0 Å². The first-order valence-corrected chi connectivity index (χ1v) is 6.87. The zero-order chi connectivity index (χ0) is 15.6. The van der Waals surface area contributed by atoms with E-state index in [4.69, 9.17) is 17.3 Å². The molecule has 0 fully saturated rings. The lowest BCUT2D eigenvalue weighted by Crippen LogP contribution is -2.15. The minimum absolute atomic E-state index is 0.0250. The Hall–Kier alpha value is -1.80. The number of carbonyl (C=O) groups excluding carboxylic acids is 1. The van der Waals surface area contributed by atoms with Crippen molar-refractivity contribution in [3.63, 3.8) is 0 Å². The van der Waals surface area contributed by atoms with E-state index in [1.807, 2.05) is 0 Å². The van der Waals surface area contributed by atoms with Crippen LogP contribution in [0, 0.1) is 0 Å². The van der Waals surface area contributed by atoms with E-state index >= 15 is 0 Å². The molecule has 1 amide bonds. The monoisotopic (exact) mass is 335 g/mol. The molecule has 0 saturated heterocycles. The molecule has 0 aliphatic rings. The first-order chi connectivity index (χ1) is 9.74. The Kier molecular flexibility index (Phi) is 4.38. The smallest absolute Gasteiger partial charge is 0.375 e. The quantitative estimate of drug-likeness (QED) is 0.901. The highest BCUT2D eigenvalue weighted by Gasteiger charge is 2.31. The summed E-state index contributed by atoms with van der Waals surface area (Å²) in [6.07, 6.45) is -4.62. The van der Waals surface area contributed by atoms with Crippen molar-refractivity contribution in [1.29, 1.82) is 0 Å². The van der Waals surface area contributed by atoms with Gasteiger partial charge in [-0.1, -0.05) is 11.6 Å². The van der Waals surface area contributed by atoms with Crippen molar-refractivity contribution in [3.8, 4) is 0 Å². The topological polar surface area (TPSA) is 68.0 Å². The maximum atomic E-state index is 12.6. The maximum Gasteiger partial charge on any atom is 0.416 e. The number of amides is 1. The number of benzene rings is 1. The van der Waals surface area contributed by atoms with E-state index in [0.717, 1.165) is 12.1 Å². The maximum absolute atomic E-state index is 12.6. The van der Waals surface area contributed by atoms with E-state index in [-0.39, 0.29) is 17.1 Å². The number of anilines is 2. The number of aromatic nitrogens is 1. The second-order valence-corrected chi connectivity index (χ2v) is 5.45. The number of thiazole rings is 1. The fourth-order valence-electron chi connectivity index (χ4n) is 1.60. The Morgan fingerprint density at radius 1 is 1.38 bits per heavy atom. The Morgan fingerprint density at radius 3 is 2.67 bits per heavy atom. The van der Waals surface area contributed by atoms with E-state index in [2.05, 4.69) is 10.3 Å². The van der Waals surface area contributed by atoms with E-state index in [0.29, 0.717) is 10.8 Å². The molecule has 0 spiro atoms. The Morgan fingerprint density at radius 2 is 2.10 bits per heavy atom. The summed E-state index contributed by atoms with van der Waals surface area (Å²) in [5.41, 5.74) is 4.93. The fraction of sp³-hybridized carbons (Fsp3) is 0.167. The van der Waals surface area contributed by atoms with Gasteiger partial charge in [0, 0.05) is 16.1 Å². The number of hydrogen-bond acceptors (Lipinski definition) is 4. The summed E-state index contributed by atoms with van der Waals surface area (Å²) in [5, 5.41) is 4.17. The second-order valence-electron chi connectivity index (χ2n) is 4.13. The van der Waals surface area contributed by atoms with Gasteiger partial charge in [-0.15, -0.1) is 11.3 Å². The van der Waals surface area contributed by atoms with Crippen molar-refractivity contribution >= 4 is 39.7 Å². The molecular weight excluding hydrogens is 327 g/mol. The number of halogens is 4. The number of hydrogen-bond donors (Lipinski definition) is 2. The van der Waals surface area contributed by atoms with Crippen molar-refractivity contribution in [3.05, 3.63) is 39.9 Å². The van der Waals surface area contributed by atoms with Crippen molar-refractivity contribution in [2.75, 3.05) is 11.1 Å². The van der Waals surface area contributed by atoms with Gasteiger partial charge in [0.15, 0.2) is 5.13 Å². The molecule has 0 aliphatic heterocycles. The highest BCUT2D eigenvalue weighted by Crippen LogP contribution is 2.33. The lowest BCUT2D eigenvalue weighted by molar-refractivity contribution is -0.137. The lowest BCUT2D eigenvalue weighted by Gasteiger charge is -2.10. The second kappa shape index (κ2) is 5.90. The number of nitrogens with one attached hydrogen (secondary N) is 1. The molecule has 4 nitrogen and oxygen atoms in total. The third-order valence-electron chi connectivity index (χ3n) is 2.42. The van der Waals surface area contributed by atoms with Gasteiger partial charge >= 0.3 is 6.18 Å². The molecule has 0 bridgehead atoms. The minimum Gasteiger partial charge on any atom is -0.375 e. The highest BCUT2D eigenvalue weighted by molar-refractivity contribution is 7.13. The summed E-state index contributed by atoms with van der Waals surface area (Å²) in [7, 11) is 0. The molecule has 1 aromatic heterocycles. The lowest BCUT2D eigenvalue weighted by atomic mass is 10.2. The number of rotatable bonds is 3. The van der Waals surface area contributed by atoms with Crippen molar-refractivity contribution in [2.45, 2.75) is 12.6 Å². The summed E-state index contributed by atoms with van der Waals surface area (Å²) in [4.78, 5) is 15.6. The largest absolute Gasteiger partial charge is 0.416 e. The minimum atomic E-state index is -4.53. The van der Waals surface area contributed by atoms with E-state index < -0.39 is 17.6 Å². The van der Waals surface area contributed by atoms with Gasteiger partial charge in [-0.05, 0) is 18.2 Å². The molecule has 0 saturated carbocycles. The molecular formula is C12H9ClF3N3OS. The van der Waals surface area contributed by atoms with E-state index in [1.165, 1.54) is 17.4 Å². The number of nitrogen functional groups attached to an aromatic ring is 1. The normalized spacial score (nSPS) is 11.4. The van der Waals surface area contributed by atoms with Crippen molar-refractivity contribution in [1.82, 2.24) is 4.98 Å². The van der Waals surface area contributed by atoms with Crippen LogP contribution in [0.5, 0.6) is 0 Å². The molecule has 1 heterocycles. The Balaban J connectivity index is 2.12. The number of carbonyl (C=O) groups is 1. The summed E-state index contributed by atoms with van der Waals surface area (Å²) in [6.45, 7) is 0. The Bertz CT molecular complexity index is 672. The van der Waals surface area contributed by atoms with Gasteiger partial charge in [0.25, 0.3) is 0 Å². The van der Waals surface area contributed by atoms with Gasteiger partial charge in [-0.2, -0.15) is 13.2 Å². The van der Waals surface area contributed by atoms with Crippen LogP contribution in [0.1, 0.15) is 11.3 Å². The van der Waals surface area contributed by atoms with Crippen LogP contribution in [0.15, 0.2) is 23.6 Å². The highest BCUT2D eigenvalue weighted by atomic mass is 35.5. The van der Waals surface area contributed by atoms with Gasteiger partial charge in [0.05, 0.1) is 17.7 Å². The molecule has 0 atom stereocenters. The van der Waals surface area contributed by atoms with Crippen LogP contribution in [-0.2, 0) is 17.4 Å². The molecule has 0 unspecified atom stereocenters. The third-order valence-corrected chi connectivity index (χ3v) is 3.36. The summed E-state index contributed by atoms with van der Waals surface area (Å²) < 4.78 is 37.9.